The van der Waals surface area contributed by atoms with E-state index in [-0.39, 0.29) is 0 Å². The maximum Gasteiger partial charge on any atom is 0.0604 e. The van der Waals surface area contributed by atoms with Crippen molar-refractivity contribution in [3.05, 3.63) is 0 Å². The van der Waals surface area contributed by atoms with Gasteiger partial charge in [-0.25, -0.2) is 0 Å². The molecule has 2 atom stereocenters. The highest BCUT2D eigenvalue weighted by Gasteiger charge is 2.36. The van der Waals surface area contributed by atoms with Gasteiger partial charge in [-0.05, 0) is 24.7 Å². The molecule has 0 aromatic rings. The highest BCUT2D eigenvalue weighted by atomic mass is 16.5. The van der Waals surface area contributed by atoms with E-state index in [9.17, 15) is 0 Å². The Labute approximate surface area is 57.4 Å². The average molecular weight is 128 g/mol. The van der Waals surface area contributed by atoms with Gasteiger partial charge in [0.2, 0.25) is 0 Å². The van der Waals surface area contributed by atoms with Gasteiger partial charge in [0.15, 0.2) is 0 Å². The molecule has 0 aromatic carbocycles. The third-order valence-electron chi connectivity index (χ3n) is 1.93. The van der Waals surface area contributed by atoms with Crippen molar-refractivity contribution >= 4 is 0 Å². The van der Waals surface area contributed by atoms with Crippen LogP contribution in [-0.2, 0) is 4.74 Å². The van der Waals surface area contributed by atoms with Gasteiger partial charge in [0.05, 0.1) is 6.10 Å². The van der Waals surface area contributed by atoms with E-state index in [1.165, 1.54) is 12.8 Å². The van der Waals surface area contributed by atoms with E-state index in [1.807, 2.05) is 7.11 Å². The van der Waals surface area contributed by atoms with Crippen molar-refractivity contribution in [2.24, 2.45) is 11.8 Å². The van der Waals surface area contributed by atoms with Gasteiger partial charge >= 0.3 is 0 Å². The molecule has 1 fully saturated rings. The van der Waals surface area contributed by atoms with Crippen LogP contribution in [0.2, 0.25) is 0 Å². The van der Waals surface area contributed by atoms with Crippen molar-refractivity contribution in [2.45, 2.75) is 32.8 Å². The van der Waals surface area contributed by atoms with Crippen LogP contribution in [0, 0.1) is 11.8 Å². The molecule has 0 bridgehead atoms. The van der Waals surface area contributed by atoms with E-state index in [2.05, 4.69) is 13.8 Å². The summed E-state index contributed by atoms with van der Waals surface area (Å²) in [6.45, 7) is 4.54. The molecule has 54 valence electrons. The van der Waals surface area contributed by atoms with Crippen LogP contribution in [0.15, 0.2) is 0 Å². The van der Waals surface area contributed by atoms with Crippen molar-refractivity contribution in [1.29, 1.82) is 0 Å². The van der Waals surface area contributed by atoms with Gasteiger partial charge in [-0.3, -0.25) is 0 Å². The van der Waals surface area contributed by atoms with E-state index < -0.39 is 0 Å². The number of ether oxygens (including phenoxy) is 1. The lowest BCUT2D eigenvalue weighted by Gasteiger charge is -2.01. The smallest absolute Gasteiger partial charge is 0.0604 e. The summed E-state index contributed by atoms with van der Waals surface area (Å²) in [5.74, 6) is 1.73. The molecule has 0 aromatic heterocycles. The average Bonchev–Trinajstić information content (AvgIpc) is 2.45. The third-order valence-corrected chi connectivity index (χ3v) is 1.93. The Balaban J connectivity index is 2.05. The zero-order valence-corrected chi connectivity index (χ0v) is 6.55. The highest BCUT2D eigenvalue weighted by Crippen LogP contribution is 2.38. The molecule has 1 aliphatic rings. The van der Waals surface area contributed by atoms with Gasteiger partial charge in [-0.1, -0.05) is 13.8 Å². The number of rotatable bonds is 3. The summed E-state index contributed by atoms with van der Waals surface area (Å²) < 4.78 is 5.17. The summed E-state index contributed by atoms with van der Waals surface area (Å²) in [5.41, 5.74) is 0. The number of methoxy groups -OCH3 is 1. The first kappa shape index (κ1) is 7.07. The molecule has 1 nitrogen and oxygen atoms in total. The Hall–Kier alpha value is -0.0400. The fourth-order valence-electron chi connectivity index (χ4n) is 1.36. The summed E-state index contributed by atoms with van der Waals surface area (Å²) in [4.78, 5) is 0. The van der Waals surface area contributed by atoms with Crippen LogP contribution < -0.4 is 0 Å². The molecule has 9 heavy (non-hydrogen) atoms. The third kappa shape index (κ3) is 1.98. The molecule has 0 spiro atoms. The van der Waals surface area contributed by atoms with Gasteiger partial charge < -0.3 is 4.74 Å². The van der Waals surface area contributed by atoms with Gasteiger partial charge in [-0.15, -0.1) is 0 Å². The maximum atomic E-state index is 5.17. The Morgan fingerprint density at radius 2 is 2.22 bits per heavy atom. The predicted molar refractivity (Wildman–Crippen MR) is 38.4 cm³/mol. The van der Waals surface area contributed by atoms with Crippen LogP contribution in [0.1, 0.15) is 26.7 Å². The van der Waals surface area contributed by atoms with E-state index in [1.54, 1.807) is 0 Å². The van der Waals surface area contributed by atoms with Crippen LogP contribution in [0.4, 0.5) is 0 Å². The maximum absolute atomic E-state index is 5.17. The highest BCUT2D eigenvalue weighted by molar-refractivity contribution is 4.87. The second-order valence-electron chi connectivity index (χ2n) is 3.40. The molecule has 1 heteroatoms. The van der Waals surface area contributed by atoms with Gasteiger partial charge in [0.25, 0.3) is 0 Å². The van der Waals surface area contributed by atoms with Crippen molar-refractivity contribution in [2.75, 3.05) is 7.11 Å². The van der Waals surface area contributed by atoms with Crippen LogP contribution in [0.5, 0.6) is 0 Å². The zero-order valence-electron chi connectivity index (χ0n) is 6.55. The van der Waals surface area contributed by atoms with Crippen LogP contribution in [0.3, 0.4) is 0 Å². The fraction of sp³-hybridized carbons (Fsp3) is 1.00. The van der Waals surface area contributed by atoms with E-state index in [4.69, 9.17) is 4.74 Å². The van der Waals surface area contributed by atoms with Crippen LogP contribution >= 0.6 is 0 Å². The van der Waals surface area contributed by atoms with Crippen molar-refractivity contribution < 1.29 is 4.74 Å². The molecular weight excluding hydrogens is 112 g/mol. The van der Waals surface area contributed by atoms with Gasteiger partial charge in [0.1, 0.15) is 0 Å². The molecule has 0 amide bonds. The Morgan fingerprint density at radius 1 is 1.56 bits per heavy atom. The molecule has 1 rings (SSSR count). The van der Waals surface area contributed by atoms with E-state index in [0.717, 1.165) is 11.8 Å². The lowest BCUT2D eigenvalue weighted by molar-refractivity contribution is 0.165. The zero-order chi connectivity index (χ0) is 6.85. The first-order valence-electron chi connectivity index (χ1n) is 3.76. The van der Waals surface area contributed by atoms with Crippen LogP contribution in [0.25, 0.3) is 0 Å². The van der Waals surface area contributed by atoms with Gasteiger partial charge in [0, 0.05) is 7.11 Å². The summed E-state index contributed by atoms with van der Waals surface area (Å²) in [6.07, 6.45) is 3.25. The number of hydrogen-bond donors (Lipinski definition) is 0. The minimum absolute atomic E-state index is 0.604. The molecule has 0 aliphatic heterocycles. The lowest BCUT2D eigenvalue weighted by Crippen LogP contribution is -1.95. The Morgan fingerprint density at radius 3 is 2.56 bits per heavy atom. The second kappa shape index (κ2) is 2.70. The van der Waals surface area contributed by atoms with E-state index >= 15 is 0 Å². The SMILES string of the molecule is COC1CC1CC(C)C. The van der Waals surface area contributed by atoms with Crippen LogP contribution in [-0.4, -0.2) is 13.2 Å². The molecule has 1 saturated carbocycles. The fourth-order valence-corrected chi connectivity index (χ4v) is 1.36. The number of hydrogen-bond acceptors (Lipinski definition) is 1. The van der Waals surface area contributed by atoms with Gasteiger partial charge in [-0.2, -0.15) is 0 Å². The summed E-state index contributed by atoms with van der Waals surface area (Å²) >= 11 is 0. The minimum atomic E-state index is 0.604. The molecule has 0 N–H and O–H groups in total. The molecule has 2 unspecified atom stereocenters. The standard InChI is InChI=1S/C8H16O/c1-6(2)4-7-5-8(7)9-3/h6-8H,4-5H2,1-3H3. The summed E-state index contributed by atoms with van der Waals surface area (Å²) in [6, 6.07) is 0. The van der Waals surface area contributed by atoms with Crippen molar-refractivity contribution in [3.63, 3.8) is 0 Å². The van der Waals surface area contributed by atoms with Crippen molar-refractivity contribution in [3.8, 4) is 0 Å². The normalized spacial score (nSPS) is 33.3. The summed E-state index contributed by atoms with van der Waals surface area (Å²) in [5, 5.41) is 0. The molecule has 0 radical (unpaired) electrons. The summed E-state index contributed by atoms with van der Waals surface area (Å²) in [7, 11) is 1.81. The Kier molecular flexibility index (Phi) is 2.12. The topological polar surface area (TPSA) is 9.23 Å². The first-order chi connectivity index (χ1) is 4.24. The molecular formula is C8H16O. The lowest BCUT2D eigenvalue weighted by atomic mass is 10.1. The van der Waals surface area contributed by atoms with Crippen molar-refractivity contribution in [1.82, 2.24) is 0 Å². The predicted octanol–water partition coefficient (Wildman–Crippen LogP) is 2.07. The molecule has 0 heterocycles. The Bertz CT molecular complexity index is 88.6. The first-order valence-corrected chi connectivity index (χ1v) is 3.76. The molecule has 1 aliphatic carbocycles. The second-order valence-corrected chi connectivity index (χ2v) is 3.40. The quantitative estimate of drug-likeness (QED) is 0.565. The minimum Gasteiger partial charge on any atom is -0.381 e. The monoisotopic (exact) mass is 128 g/mol. The largest absolute Gasteiger partial charge is 0.381 e. The molecule has 0 saturated heterocycles. The van der Waals surface area contributed by atoms with E-state index in [0.29, 0.717) is 6.10 Å².